The van der Waals surface area contributed by atoms with Crippen LogP contribution in [0.1, 0.15) is 27.9 Å². The van der Waals surface area contributed by atoms with Gasteiger partial charge in [0.2, 0.25) is 0 Å². The number of para-hydroxylation sites is 2. The second kappa shape index (κ2) is 12.7. The number of aromatic nitrogens is 1. The van der Waals surface area contributed by atoms with Gasteiger partial charge >= 0.3 is 0 Å². The molecule has 1 aliphatic heterocycles. The van der Waals surface area contributed by atoms with Crippen LogP contribution in [0.15, 0.2) is 176 Å². The van der Waals surface area contributed by atoms with Crippen LogP contribution in [0.25, 0.3) is 39.3 Å². The van der Waals surface area contributed by atoms with Crippen LogP contribution in [-0.4, -0.2) is 10.9 Å². The van der Waals surface area contributed by atoms with Gasteiger partial charge in [0.05, 0.1) is 22.6 Å². The molecule has 6 aromatic carbocycles. The van der Waals surface area contributed by atoms with Gasteiger partial charge in [0.1, 0.15) is 5.70 Å². The zero-order valence-electron chi connectivity index (χ0n) is 26.1. The molecular formula is C44H31N3O. The molecule has 0 atom stereocenters. The van der Waals surface area contributed by atoms with E-state index in [4.69, 9.17) is 4.98 Å². The molecule has 2 heterocycles. The average Bonchev–Trinajstić information content (AvgIpc) is 3.15. The van der Waals surface area contributed by atoms with Crippen molar-refractivity contribution in [2.24, 2.45) is 0 Å². The number of fused-ring (bicyclic) bond motifs is 2. The van der Waals surface area contributed by atoms with E-state index in [0.717, 1.165) is 39.0 Å². The first-order valence-electron chi connectivity index (χ1n) is 16.0. The highest BCUT2D eigenvalue weighted by atomic mass is 16.2. The lowest BCUT2D eigenvalue weighted by Gasteiger charge is -2.20. The summed E-state index contributed by atoms with van der Waals surface area (Å²) >= 11 is 0. The minimum absolute atomic E-state index is 0.181. The van der Waals surface area contributed by atoms with E-state index >= 15 is 0 Å². The Labute approximate surface area is 279 Å². The highest BCUT2D eigenvalue weighted by Gasteiger charge is 2.19. The number of anilines is 2. The first-order valence-corrected chi connectivity index (χ1v) is 16.0. The maximum Gasteiger partial charge on any atom is 0.272 e. The van der Waals surface area contributed by atoms with Crippen molar-refractivity contribution >= 4 is 45.4 Å². The van der Waals surface area contributed by atoms with Gasteiger partial charge in [-0.3, -0.25) is 4.79 Å². The lowest BCUT2D eigenvalue weighted by Crippen LogP contribution is -2.25. The average molecular weight is 618 g/mol. The van der Waals surface area contributed by atoms with Crippen LogP contribution in [-0.2, 0) is 4.79 Å². The molecule has 0 spiro atoms. The van der Waals surface area contributed by atoms with E-state index in [-0.39, 0.29) is 5.91 Å². The molecule has 4 heteroatoms. The summed E-state index contributed by atoms with van der Waals surface area (Å²) in [5, 5.41) is 7.20. The van der Waals surface area contributed by atoms with Crippen molar-refractivity contribution in [3.63, 3.8) is 0 Å². The second-order valence-corrected chi connectivity index (χ2v) is 11.8. The van der Waals surface area contributed by atoms with Crippen LogP contribution in [0.4, 0.5) is 11.4 Å². The SMILES string of the molecule is O=C1Nc2ccccc2N/C1=C\c1ccc2cc(-c3ccc(C(=C(c4ccccc4)c4ccccc4)c4ccccc4)cc3)ccc2n1. The van der Waals surface area contributed by atoms with Crippen molar-refractivity contribution < 1.29 is 4.79 Å². The molecule has 1 aliphatic rings. The molecule has 0 radical (unpaired) electrons. The quantitative estimate of drug-likeness (QED) is 0.144. The molecule has 7 aromatic rings. The van der Waals surface area contributed by atoms with E-state index in [1.807, 2.05) is 36.4 Å². The van der Waals surface area contributed by atoms with Crippen molar-refractivity contribution in [1.29, 1.82) is 0 Å². The van der Waals surface area contributed by atoms with Crippen LogP contribution in [0.5, 0.6) is 0 Å². The minimum atomic E-state index is -0.181. The summed E-state index contributed by atoms with van der Waals surface area (Å²) in [6.45, 7) is 0. The predicted octanol–water partition coefficient (Wildman–Crippen LogP) is 10.3. The number of hydrogen-bond acceptors (Lipinski definition) is 3. The number of amides is 1. The van der Waals surface area contributed by atoms with Gasteiger partial charge in [-0.05, 0) is 80.9 Å². The van der Waals surface area contributed by atoms with E-state index in [2.05, 4.69) is 144 Å². The highest BCUT2D eigenvalue weighted by Crippen LogP contribution is 2.37. The van der Waals surface area contributed by atoms with Crippen molar-refractivity contribution in [3.8, 4) is 11.1 Å². The van der Waals surface area contributed by atoms with Gasteiger partial charge in [-0.1, -0.05) is 140 Å². The van der Waals surface area contributed by atoms with Gasteiger partial charge < -0.3 is 10.6 Å². The largest absolute Gasteiger partial charge is 0.349 e. The fourth-order valence-electron chi connectivity index (χ4n) is 6.30. The van der Waals surface area contributed by atoms with Crippen molar-refractivity contribution in [2.45, 2.75) is 0 Å². The minimum Gasteiger partial charge on any atom is -0.349 e. The lowest BCUT2D eigenvalue weighted by atomic mass is 9.85. The number of rotatable bonds is 6. The summed E-state index contributed by atoms with van der Waals surface area (Å²) in [5.41, 5.74) is 13.0. The summed E-state index contributed by atoms with van der Waals surface area (Å²) < 4.78 is 0. The van der Waals surface area contributed by atoms with E-state index in [0.29, 0.717) is 11.4 Å². The van der Waals surface area contributed by atoms with Gasteiger partial charge in [0.15, 0.2) is 0 Å². The normalized spacial score (nSPS) is 13.0. The Bertz CT molecular complexity index is 2280. The van der Waals surface area contributed by atoms with Crippen LogP contribution in [0.3, 0.4) is 0 Å². The number of carbonyl (C=O) groups is 1. The molecule has 0 aliphatic carbocycles. The van der Waals surface area contributed by atoms with Gasteiger partial charge in [0.25, 0.3) is 5.91 Å². The standard InChI is InChI=1S/C44H31N3O/c48-44-41(46-39-18-10-11-19-40(39)47-44)29-37-26-24-36-28-35(25-27-38(36)45-37)30-20-22-34(23-21-30)43(33-16-8-3-9-17-33)42(31-12-4-1-5-13-31)32-14-6-2-7-15-32/h1-29,46H,(H,47,48)/b41-29-. The Hall–Kier alpha value is -6.52. The van der Waals surface area contributed by atoms with E-state index in [1.54, 1.807) is 6.08 Å². The number of hydrogen-bond donors (Lipinski definition) is 2. The summed E-state index contributed by atoms with van der Waals surface area (Å²) in [6, 6.07) is 58.7. The number of nitrogens with one attached hydrogen (secondary N) is 2. The zero-order chi connectivity index (χ0) is 32.3. The third kappa shape index (κ3) is 5.79. The number of carbonyl (C=O) groups excluding carboxylic acids is 1. The van der Waals surface area contributed by atoms with E-state index < -0.39 is 0 Å². The molecule has 4 nitrogen and oxygen atoms in total. The molecule has 0 unspecified atom stereocenters. The first-order chi connectivity index (χ1) is 23.7. The summed E-state index contributed by atoms with van der Waals surface area (Å²) in [6.07, 6.45) is 1.79. The van der Waals surface area contributed by atoms with E-state index in [9.17, 15) is 4.79 Å². The smallest absolute Gasteiger partial charge is 0.272 e. The maximum atomic E-state index is 12.7. The fourth-order valence-corrected chi connectivity index (χ4v) is 6.30. The maximum absolute atomic E-state index is 12.7. The van der Waals surface area contributed by atoms with Crippen LogP contribution >= 0.6 is 0 Å². The molecule has 0 fully saturated rings. The summed E-state index contributed by atoms with van der Waals surface area (Å²) in [7, 11) is 0. The number of benzene rings is 6. The summed E-state index contributed by atoms with van der Waals surface area (Å²) in [4.78, 5) is 17.5. The predicted molar refractivity (Wildman–Crippen MR) is 198 cm³/mol. The first kappa shape index (κ1) is 28.9. The lowest BCUT2D eigenvalue weighted by molar-refractivity contribution is -0.112. The molecule has 0 saturated carbocycles. The molecular weight excluding hydrogens is 587 g/mol. The van der Waals surface area contributed by atoms with Gasteiger partial charge in [-0.2, -0.15) is 0 Å². The molecule has 1 aromatic heterocycles. The molecule has 8 rings (SSSR count). The number of nitrogens with zero attached hydrogens (tertiary/aromatic N) is 1. The Morgan fingerprint density at radius 3 is 1.56 bits per heavy atom. The highest BCUT2D eigenvalue weighted by molar-refractivity contribution is 6.13. The van der Waals surface area contributed by atoms with Gasteiger partial charge in [-0.15, -0.1) is 0 Å². The third-order valence-corrected chi connectivity index (χ3v) is 8.64. The van der Waals surface area contributed by atoms with Crippen molar-refractivity contribution in [1.82, 2.24) is 4.98 Å². The van der Waals surface area contributed by atoms with E-state index in [1.165, 1.54) is 27.8 Å². The van der Waals surface area contributed by atoms with Gasteiger partial charge in [0, 0.05) is 5.39 Å². The Morgan fingerprint density at radius 1 is 0.479 bits per heavy atom. The molecule has 2 N–H and O–H groups in total. The van der Waals surface area contributed by atoms with Crippen LogP contribution in [0, 0.1) is 0 Å². The van der Waals surface area contributed by atoms with Crippen molar-refractivity contribution in [2.75, 3.05) is 10.6 Å². The van der Waals surface area contributed by atoms with Gasteiger partial charge in [-0.25, -0.2) is 4.98 Å². The molecule has 48 heavy (non-hydrogen) atoms. The third-order valence-electron chi connectivity index (χ3n) is 8.64. The van der Waals surface area contributed by atoms with Crippen LogP contribution < -0.4 is 10.6 Å². The van der Waals surface area contributed by atoms with Crippen molar-refractivity contribution in [3.05, 3.63) is 204 Å². The zero-order valence-corrected chi connectivity index (χ0v) is 26.1. The number of pyridine rings is 1. The molecule has 228 valence electrons. The second-order valence-electron chi connectivity index (χ2n) is 11.8. The monoisotopic (exact) mass is 617 g/mol. The summed E-state index contributed by atoms with van der Waals surface area (Å²) in [5.74, 6) is -0.181. The molecule has 0 saturated heterocycles. The molecule has 0 bridgehead atoms. The topological polar surface area (TPSA) is 54.0 Å². The van der Waals surface area contributed by atoms with Crippen LogP contribution in [0.2, 0.25) is 0 Å². The molecule has 1 amide bonds. The Kier molecular flexibility index (Phi) is 7.65. The Balaban J connectivity index is 1.14. The fraction of sp³-hybridized carbons (Fsp3) is 0. The Morgan fingerprint density at radius 2 is 0.979 bits per heavy atom.